The van der Waals surface area contributed by atoms with Gasteiger partial charge in [0.1, 0.15) is 0 Å². The number of hydrogen-bond donors (Lipinski definition) is 0. The van der Waals surface area contributed by atoms with Gasteiger partial charge in [0.15, 0.2) is 0 Å². The molecule has 0 aliphatic carbocycles. The standard InChI is InChI=1S/C15H19N3O3/c1-4-20-14(19)10-18(3)9-13-16-17-15(21-13)12-7-5-11(2)6-8-12/h5-8H,4,9-10H2,1-3H3. The van der Waals surface area contributed by atoms with Crippen LogP contribution < -0.4 is 0 Å². The van der Waals surface area contributed by atoms with Crippen molar-refractivity contribution in [2.75, 3.05) is 20.2 Å². The molecule has 0 unspecified atom stereocenters. The highest BCUT2D eigenvalue weighted by Crippen LogP contribution is 2.18. The van der Waals surface area contributed by atoms with E-state index in [0.717, 1.165) is 5.56 Å². The van der Waals surface area contributed by atoms with Crippen molar-refractivity contribution in [2.24, 2.45) is 0 Å². The molecule has 0 radical (unpaired) electrons. The van der Waals surface area contributed by atoms with E-state index in [2.05, 4.69) is 10.2 Å². The number of rotatable bonds is 6. The third-order valence-corrected chi connectivity index (χ3v) is 2.87. The number of carbonyl (C=O) groups excluding carboxylic acids is 1. The molecule has 0 atom stereocenters. The summed E-state index contributed by atoms with van der Waals surface area (Å²) in [6.45, 7) is 4.77. The summed E-state index contributed by atoms with van der Waals surface area (Å²) in [4.78, 5) is 13.1. The zero-order valence-electron chi connectivity index (χ0n) is 12.5. The first-order valence-electron chi connectivity index (χ1n) is 6.82. The molecule has 1 heterocycles. The second-order valence-electron chi connectivity index (χ2n) is 4.84. The summed E-state index contributed by atoms with van der Waals surface area (Å²) in [7, 11) is 1.80. The van der Waals surface area contributed by atoms with Crippen LogP contribution in [0.5, 0.6) is 0 Å². The minimum atomic E-state index is -0.265. The SMILES string of the molecule is CCOC(=O)CN(C)Cc1nnc(-c2ccc(C)cc2)o1. The van der Waals surface area contributed by atoms with Crippen LogP contribution in [0.3, 0.4) is 0 Å². The zero-order valence-corrected chi connectivity index (χ0v) is 12.5. The second kappa shape index (κ2) is 6.99. The predicted molar refractivity (Wildman–Crippen MR) is 77.4 cm³/mol. The Balaban J connectivity index is 1.96. The fourth-order valence-electron chi connectivity index (χ4n) is 1.84. The van der Waals surface area contributed by atoms with E-state index in [1.807, 2.05) is 31.2 Å². The van der Waals surface area contributed by atoms with Crippen LogP contribution in [0.2, 0.25) is 0 Å². The lowest BCUT2D eigenvalue weighted by molar-refractivity contribution is -0.144. The van der Waals surface area contributed by atoms with Gasteiger partial charge in [-0.3, -0.25) is 9.69 Å². The van der Waals surface area contributed by atoms with Gasteiger partial charge in [-0.05, 0) is 33.0 Å². The van der Waals surface area contributed by atoms with Crippen molar-refractivity contribution in [2.45, 2.75) is 20.4 Å². The summed E-state index contributed by atoms with van der Waals surface area (Å²) in [5, 5.41) is 8.02. The van der Waals surface area contributed by atoms with Crippen molar-refractivity contribution in [3.63, 3.8) is 0 Å². The summed E-state index contributed by atoms with van der Waals surface area (Å²) < 4.78 is 10.5. The molecule has 0 saturated heterocycles. The van der Waals surface area contributed by atoms with Crippen LogP contribution >= 0.6 is 0 Å². The molecule has 0 spiro atoms. The molecule has 1 aromatic heterocycles. The number of aryl methyl sites for hydroxylation is 1. The molecule has 0 bridgehead atoms. The average Bonchev–Trinajstić information content (AvgIpc) is 2.88. The molecule has 21 heavy (non-hydrogen) atoms. The molecular weight excluding hydrogens is 270 g/mol. The summed E-state index contributed by atoms with van der Waals surface area (Å²) in [5.41, 5.74) is 2.06. The van der Waals surface area contributed by atoms with Crippen molar-refractivity contribution in [3.8, 4) is 11.5 Å². The molecule has 0 amide bonds. The zero-order chi connectivity index (χ0) is 15.2. The van der Waals surface area contributed by atoms with Crippen LogP contribution in [0.25, 0.3) is 11.5 Å². The number of ether oxygens (including phenoxy) is 1. The van der Waals surface area contributed by atoms with Crippen molar-refractivity contribution >= 4 is 5.97 Å². The number of likely N-dealkylation sites (N-methyl/N-ethyl adjacent to an activating group) is 1. The van der Waals surface area contributed by atoms with Gasteiger partial charge in [0.25, 0.3) is 0 Å². The molecule has 0 N–H and O–H groups in total. The van der Waals surface area contributed by atoms with Gasteiger partial charge < -0.3 is 9.15 Å². The van der Waals surface area contributed by atoms with Gasteiger partial charge in [-0.2, -0.15) is 0 Å². The van der Waals surface area contributed by atoms with Gasteiger partial charge in [0.05, 0.1) is 19.7 Å². The summed E-state index contributed by atoms with van der Waals surface area (Å²) >= 11 is 0. The molecule has 0 saturated carbocycles. The van der Waals surface area contributed by atoms with Crippen LogP contribution in [0.4, 0.5) is 0 Å². The molecule has 6 heteroatoms. The Bertz CT molecular complexity index is 592. The van der Waals surface area contributed by atoms with Crippen LogP contribution in [0.15, 0.2) is 28.7 Å². The van der Waals surface area contributed by atoms with E-state index in [1.54, 1.807) is 18.9 Å². The van der Waals surface area contributed by atoms with E-state index in [0.29, 0.717) is 24.9 Å². The van der Waals surface area contributed by atoms with E-state index in [-0.39, 0.29) is 12.5 Å². The minimum absolute atomic E-state index is 0.191. The Labute approximate surface area is 123 Å². The molecule has 0 fully saturated rings. The molecule has 112 valence electrons. The van der Waals surface area contributed by atoms with Crippen molar-refractivity contribution < 1.29 is 13.9 Å². The first kappa shape index (κ1) is 15.2. The third-order valence-electron chi connectivity index (χ3n) is 2.87. The minimum Gasteiger partial charge on any atom is -0.465 e. The summed E-state index contributed by atoms with van der Waals surface area (Å²) in [6, 6.07) is 7.86. The number of esters is 1. The van der Waals surface area contributed by atoms with Gasteiger partial charge in [0, 0.05) is 5.56 Å². The molecule has 6 nitrogen and oxygen atoms in total. The first-order chi connectivity index (χ1) is 10.1. The largest absolute Gasteiger partial charge is 0.465 e. The molecule has 0 aliphatic rings. The van der Waals surface area contributed by atoms with E-state index < -0.39 is 0 Å². The quantitative estimate of drug-likeness (QED) is 0.758. The molecule has 2 aromatic rings. The van der Waals surface area contributed by atoms with E-state index in [4.69, 9.17) is 9.15 Å². The fourth-order valence-corrected chi connectivity index (χ4v) is 1.84. The Morgan fingerprint density at radius 3 is 2.67 bits per heavy atom. The predicted octanol–water partition coefficient (Wildman–Crippen LogP) is 2.04. The van der Waals surface area contributed by atoms with Gasteiger partial charge in [-0.1, -0.05) is 17.7 Å². The third kappa shape index (κ3) is 4.39. The smallest absolute Gasteiger partial charge is 0.320 e. The van der Waals surface area contributed by atoms with Crippen molar-refractivity contribution in [1.29, 1.82) is 0 Å². The first-order valence-corrected chi connectivity index (χ1v) is 6.82. The molecule has 0 aliphatic heterocycles. The van der Waals surface area contributed by atoms with Crippen LogP contribution in [0, 0.1) is 6.92 Å². The number of nitrogens with zero attached hydrogens (tertiary/aromatic N) is 3. The number of hydrogen-bond acceptors (Lipinski definition) is 6. The maximum Gasteiger partial charge on any atom is 0.320 e. The van der Waals surface area contributed by atoms with Crippen LogP contribution in [-0.4, -0.2) is 41.3 Å². The summed E-state index contributed by atoms with van der Waals surface area (Å²) in [6.07, 6.45) is 0. The monoisotopic (exact) mass is 289 g/mol. The maximum absolute atomic E-state index is 11.4. The Morgan fingerprint density at radius 2 is 2.00 bits per heavy atom. The highest BCUT2D eigenvalue weighted by molar-refractivity contribution is 5.71. The Morgan fingerprint density at radius 1 is 1.29 bits per heavy atom. The fraction of sp³-hybridized carbons (Fsp3) is 0.400. The lowest BCUT2D eigenvalue weighted by Gasteiger charge is -2.12. The maximum atomic E-state index is 11.4. The van der Waals surface area contributed by atoms with Gasteiger partial charge in [0.2, 0.25) is 11.8 Å². The number of aromatic nitrogens is 2. The van der Waals surface area contributed by atoms with Gasteiger partial charge >= 0.3 is 5.97 Å². The van der Waals surface area contributed by atoms with Gasteiger partial charge in [-0.25, -0.2) is 0 Å². The Kier molecular flexibility index (Phi) is 5.05. The van der Waals surface area contributed by atoms with Crippen molar-refractivity contribution in [3.05, 3.63) is 35.7 Å². The molecule has 1 aromatic carbocycles. The van der Waals surface area contributed by atoms with E-state index >= 15 is 0 Å². The van der Waals surface area contributed by atoms with E-state index in [1.165, 1.54) is 5.56 Å². The van der Waals surface area contributed by atoms with Crippen molar-refractivity contribution in [1.82, 2.24) is 15.1 Å². The Hall–Kier alpha value is -2.21. The molecule has 2 rings (SSSR count). The van der Waals surface area contributed by atoms with Crippen LogP contribution in [-0.2, 0) is 16.1 Å². The van der Waals surface area contributed by atoms with Gasteiger partial charge in [-0.15, -0.1) is 10.2 Å². The molecular formula is C15H19N3O3. The highest BCUT2D eigenvalue weighted by Gasteiger charge is 2.13. The number of carbonyl (C=O) groups is 1. The average molecular weight is 289 g/mol. The lowest BCUT2D eigenvalue weighted by Crippen LogP contribution is -2.27. The second-order valence-corrected chi connectivity index (χ2v) is 4.84. The normalized spacial score (nSPS) is 10.9. The van der Waals surface area contributed by atoms with Crippen LogP contribution in [0.1, 0.15) is 18.4 Å². The topological polar surface area (TPSA) is 68.5 Å². The lowest BCUT2D eigenvalue weighted by atomic mass is 10.1. The highest BCUT2D eigenvalue weighted by atomic mass is 16.5. The van der Waals surface area contributed by atoms with E-state index in [9.17, 15) is 4.79 Å². The number of benzene rings is 1. The summed E-state index contributed by atoms with van der Waals surface area (Å²) in [5.74, 6) is 0.685.